The van der Waals surface area contributed by atoms with Gasteiger partial charge in [0.1, 0.15) is 5.75 Å². The zero-order chi connectivity index (χ0) is 20.1. The van der Waals surface area contributed by atoms with Crippen molar-refractivity contribution < 1.29 is 14.6 Å². The van der Waals surface area contributed by atoms with Gasteiger partial charge in [0.25, 0.3) is 0 Å². The summed E-state index contributed by atoms with van der Waals surface area (Å²) in [5.41, 5.74) is 7.97. The number of aromatic nitrogens is 2. The van der Waals surface area contributed by atoms with Crippen molar-refractivity contribution in [1.29, 1.82) is 0 Å². The number of anilines is 2. The molecule has 0 aliphatic rings. The summed E-state index contributed by atoms with van der Waals surface area (Å²) >= 11 is 0. The van der Waals surface area contributed by atoms with Gasteiger partial charge in [0.2, 0.25) is 11.9 Å². The van der Waals surface area contributed by atoms with Crippen LogP contribution in [0.5, 0.6) is 5.75 Å². The largest absolute Gasteiger partial charge is 0.497 e. The van der Waals surface area contributed by atoms with Crippen LogP contribution in [0.1, 0.15) is 6.42 Å². The van der Waals surface area contributed by atoms with E-state index in [1.165, 1.54) is 0 Å². The minimum absolute atomic E-state index is 0.156. The van der Waals surface area contributed by atoms with Gasteiger partial charge in [-0.25, -0.2) is 9.97 Å². The molecule has 3 aromatic rings. The van der Waals surface area contributed by atoms with Gasteiger partial charge in [0.15, 0.2) is 0 Å². The molecule has 5 N–H and O–H groups in total. The van der Waals surface area contributed by atoms with E-state index in [9.17, 15) is 4.79 Å². The van der Waals surface area contributed by atoms with Gasteiger partial charge in [0, 0.05) is 36.5 Å². The summed E-state index contributed by atoms with van der Waals surface area (Å²) in [4.78, 5) is 21.0. The Morgan fingerprint density at radius 1 is 1.29 bits per heavy atom. The molecular formula is C20H23N5O3. The smallest absolute Gasteiger partial charge is 0.241 e. The van der Waals surface area contributed by atoms with Crippen LogP contribution in [0, 0.1) is 0 Å². The van der Waals surface area contributed by atoms with E-state index in [1.807, 2.05) is 30.3 Å². The Bertz CT molecular complexity index is 993. The van der Waals surface area contributed by atoms with Crippen LogP contribution < -0.4 is 21.1 Å². The number of rotatable bonds is 7. The average Bonchev–Trinajstić information content (AvgIpc) is 2.73. The molecule has 28 heavy (non-hydrogen) atoms. The van der Waals surface area contributed by atoms with E-state index in [0.29, 0.717) is 23.1 Å². The molecule has 0 fully saturated rings. The number of amides is 1. The molecule has 1 amide bonds. The summed E-state index contributed by atoms with van der Waals surface area (Å²) in [6.45, 7) is -0.156. The molecule has 0 bridgehead atoms. The molecule has 2 aromatic carbocycles. The minimum Gasteiger partial charge on any atom is -0.497 e. The molecule has 8 heteroatoms. The number of carbonyl (C=O) groups is 1. The van der Waals surface area contributed by atoms with Crippen molar-refractivity contribution >= 4 is 28.3 Å². The molecule has 0 saturated carbocycles. The summed E-state index contributed by atoms with van der Waals surface area (Å²) in [6, 6.07) is 10.5. The highest BCUT2D eigenvalue weighted by Gasteiger charge is 2.16. The highest BCUT2D eigenvalue weighted by molar-refractivity contribution is 6.06. The maximum absolute atomic E-state index is 12.4. The lowest BCUT2D eigenvalue weighted by Gasteiger charge is -2.15. The zero-order valence-electron chi connectivity index (χ0n) is 15.8. The van der Waals surface area contributed by atoms with Gasteiger partial charge in [-0.1, -0.05) is 6.07 Å². The number of methoxy groups -OCH3 is 1. The molecular weight excluding hydrogens is 358 g/mol. The van der Waals surface area contributed by atoms with Crippen molar-refractivity contribution in [3.63, 3.8) is 0 Å². The number of benzene rings is 2. The number of nitrogens with one attached hydrogen (secondary N) is 2. The average molecular weight is 381 g/mol. The number of ether oxygens (including phenoxy) is 1. The van der Waals surface area contributed by atoms with E-state index in [4.69, 9.17) is 15.6 Å². The Balaban J connectivity index is 2.10. The molecule has 0 aliphatic carbocycles. The van der Waals surface area contributed by atoms with E-state index in [1.54, 1.807) is 26.4 Å². The van der Waals surface area contributed by atoms with Crippen LogP contribution in [0.15, 0.2) is 42.6 Å². The van der Waals surface area contributed by atoms with E-state index in [0.717, 1.165) is 16.3 Å². The molecule has 0 saturated heterocycles. The molecule has 8 nitrogen and oxygen atoms in total. The highest BCUT2D eigenvalue weighted by Crippen LogP contribution is 2.33. The first-order valence-corrected chi connectivity index (χ1v) is 8.86. The molecule has 0 spiro atoms. The second kappa shape index (κ2) is 8.64. The fourth-order valence-corrected chi connectivity index (χ4v) is 2.85. The Morgan fingerprint density at radius 2 is 2.11 bits per heavy atom. The van der Waals surface area contributed by atoms with Gasteiger partial charge in [-0.3, -0.25) is 4.79 Å². The van der Waals surface area contributed by atoms with Gasteiger partial charge >= 0.3 is 0 Å². The Hall–Kier alpha value is -3.23. The molecule has 0 aliphatic heterocycles. The lowest BCUT2D eigenvalue weighted by Crippen LogP contribution is -2.36. The number of hydrogen-bond donors (Lipinski definition) is 4. The number of aliphatic hydroxyl groups excluding tert-OH is 1. The van der Waals surface area contributed by atoms with E-state index in [-0.39, 0.29) is 18.9 Å². The molecule has 3 rings (SSSR count). The van der Waals surface area contributed by atoms with Gasteiger partial charge in [-0.05, 0) is 42.1 Å². The summed E-state index contributed by atoms with van der Waals surface area (Å²) in [5, 5.41) is 16.6. The third kappa shape index (κ3) is 4.19. The minimum atomic E-state index is -0.802. The highest BCUT2D eigenvalue weighted by atomic mass is 16.5. The van der Waals surface area contributed by atoms with Crippen molar-refractivity contribution in [2.75, 3.05) is 31.4 Å². The third-order valence-corrected chi connectivity index (χ3v) is 4.37. The predicted octanol–water partition coefficient (Wildman–Crippen LogP) is 2.00. The van der Waals surface area contributed by atoms with Crippen LogP contribution in [0.4, 0.5) is 11.6 Å². The summed E-state index contributed by atoms with van der Waals surface area (Å²) in [6.07, 6.45) is 1.85. The second-order valence-corrected chi connectivity index (χ2v) is 6.23. The number of aliphatic hydroxyl groups is 1. The molecule has 1 atom stereocenters. The van der Waals surface area contributed by atoms with E-state index < -0.39 is 6.04 Å². The molecule has 0 radical (unpaired) electrons. The van der Waals surface area contributed by atoms with Crippen molar-refractivity contribution in [3.8, 4) is 17.0 Å². The Labute approximate surface area is 162 Å². The van der Waals surface area contributed by atoms with Crippen molar-refractivity contribution in [3.05, 3.63) is 42.6 Å². The summed E-state index contributed by atoms with van der Waals surface area (Å²) in [5.74, 6) is 0.812. The van der Waals surface area contributed by atoms with Crippen LogP contribution in [0.3, 0.4) is 0 Å². The molecule has 1 aromatic heterocycles. The maximum Gasteiger partial charge on any atom is 0.241 e. The lowest BCUT2D eigenvalue weighted by molar-refractivity contribution is -0.117. The number of nitrogens with two attached hydrogens (primary N) is 1. The van der Waals surface area contributed by atoms with Gasteiger partial charge in [-0.15, -0.1) is 0 Å². The topological polar surface area (TPSA) is 122 Å². The van der Waals surface area contributed by atoms with Crippen LogP contribution in [-0.2, 0) is 4.79 Å². The zero-order valence-corrected chi connectivity index (χ0v) is 15.8. The van der Waals surface area contributed by atoms with Crippen LogP contribution in [-0.4, -0.2) is 47.8 Å². The number of nitrogens with zero attached hydrogens (tertiary/aromatic N) is 2. The first-order valence-electron chi connectivity index (χ1n) is 8.86. The van der Waals surface area contributed by atoms with Crippen molar-refractivity contribution in [2.45, 2.75) is 12.5 Å². The van der Waals surface area contributed by atoms with Crippen molar-refractivity contribution in [1.82, 2.24) is 9.97 Å². The standard InChI is InChI=1S/C20H23N5O3/c1-22-20-23-7-5-17(25-20)13-9-12-3-4-14(28-2)11-15(12)18(10-13)24-19(27)16(21)6-8-26/h3-5,7,9-11,16,26H,6,8,21H2,1-2H3,(H,24,27)(H,22,23,25). The molecule has 1 unspecified atom stereocenters. The second-order valence-electron chi connectivity index (χ2n) is 6.23. The van der Waals surface area contributed by atoms with Gasteiger partial charge < -0.3 is 26.2 Å². The SMILES string of the molecule is CNc1nccc(-c2cc(NC(=O)C(N)CCO)c3cc(OC)ccc3c2)n1. The van der Waals surface area contributed by atoms with Gasteiger partial charge in [-0.2, -0.15) is 0 Å². The van der Waals surface area contributed by atoms with Gasteiger partial charge in [0.05, 0.1) is 18.8 Å². The quantitative estimate of drug-likeness (QED) is 0.494. The number of fused-ring (bicyclic) bond motifs is 1. The van der Waals surface area contributed by atoms with E-state index >= 15 is 0 Å². The van der Waals surface area contributed by atoms with Crippen molar-refractivity contribution in [2.24, 2.45) is 5.73 Å². The summed E-state index contributed by atoms with van der Waals surface area (Å²) in [7, 11) is 3.34. The Morgan fingerprint density at radius 3 is 2.82 bits per heavy atom. The maximum atomic E-state index is 12.4. The number of hydrogen-bond acceptors (Lipinski definition) is 7. The third-order valence-electron chi connectivity index (χ3n) is 4.37. The molecule has 1 heterocycles. The predicted molar refractivity (Wildman–Crippen MR) is 109 cm³/mol. The van der Waals surface area contributed by atoms with Crippen LogP contribution >= 0.6 is 0 Å². The van der Waals surface area contributed by atoms with E-state index in [2.05, 4.69) is 20.6 Å². The Kier molecular flexibility index (Phi) is 6.03. The number of carbonyl (C=O) groups excluding carboxylic acids is 1. The fraction of sp³-hybridized carbons (Fsp3) is 0.250. The fourth-order valence-electron chi connectivity index (χ4n) is 2.85. The van der Waals surface area contributed by atoms with Crippen LogP contribution in [0.2, 0.25) is 0 Å². The first kappa shape index (κ1) is 19.5. The normalized spacial score (nSPS) is 11.9. The molecule has 146 valence electrons. The monoisotopic (exact) mass is 381 g/mol. The first-order chi connectivity index (χ1) is 13.5. The lowest BCUT2D eigenvalue weighted by atomic mass is 10.0. The van der Waals surface area contributed by atoms with Crippen LogP contribution in [0.25, 0.3) is 22.0 Å². The summed E-state index contributed by atoms with van der Waals surface area (Å²) < 4.78 is 5.31.